The number of benzene rings is 2. The lowest BCUT2D eigenvalue weighted by molar-refractivity contribution is -0.117. The van der Waals surface area contributed by atoms with Crippen molar-refractivity contribution in [2.45, 2.75) is 27.2 Å². The number of halogens is 2. The van der Waals surface area contributed by atoms with Crippen LogP contribution in [-0.4, -0.2) is 18.4 Å². The third-order valence-corrected chi connectivity index (χ3v) is 4.10. The number of carbonyl (C=O) groups is 2. The summed E-state index contributed by atoms with van der Waals surface area (Å²) < 4.78 is 13.3. The number of hydrogen-bond donors (Lipinski definition) is 1. The molecule has 6 heteroatoms. The molecule has 0 aliphatic carbocycles. The molecule has 0 aliphatic rings. The first-order valence-electron chi connectivity index (χ1n) is 7.88. The summed E-state index contributed by atoms with van der Waals surface area (Å²) in [6, 6.07) is 9.79. The second kappa shape index (κ2) is 8.12. The van der Waals surface area contributed by atoms with Crippen LogP contribution >= 0.6 is 11.6 Å². The molecule has 0 saturated carbocycles. The van der Waals surface area contributed by atoms with E-state index in [9.17, 15) is 14.0 Å². The Labute approximate surface area is 151 Å². The molecule has 0 unspecified atom stereocenters. The van der Waals surface area contributed by atoms with Crippen molar-refractivity contribution in [3.8, 4) is 0 Å². The van der Waals surface area contributed by atoms with E-state index in [-0.39, 0.29) is 29.8 Å². The molecule has 2 amide bonds. The molecule has 0 fully saturated rings. The molecule has 0 saturated heterocycles. The van der Waals surface area contributed by atoms with Gasteiger partial charge < -0.3 is 10.2 Å². The Morgan fingerprint density at radius 3 is 2.48 bits per heavy atom. The van der Waals surface area contributed by atoms with Gasteiger partial charge in [-0.2, -0.15) is 0 Å². The van der Waals surface area contributed by atoms with E-state index in [4.69, 9.17) is 11.6 Å². The van der Waals surface area contributed by atoms with Gasteiger partial charge in [0.15, 0.2) is 0 Å². The van der Waals surface area contributed by atoms with E-state index in [0.29, 0.717) is 5.69 Å². The lowest BCUT2D eigenvalue weighted by Gasteiger charge is -2.21. The number of carbonyl (C=O) groups excluding carboxylic acids is 2. The highest BCUT2D eigenvalue weighted by atomic mass is 35.5. The first-order valence-corrected chi connectivity index (χ1v) is 8.26. The number of amides is 2. The number of nitrogens with zero attached hydrogens (tertiary/aromatic N) is 1. The third-order valence-electron chi connectivity index (χ3n) is 3.81. The fourth-order valence-corrected chi connectivity index (χ4v) is 2.68. The molecular weight excluding hydrogens is 343 g/mol. The van der Waals surface area contributed by atoms with Crippen molar-refractivity contribution >= 4 is 34.8 Å². The maximum atomic E-state index is 13.3. The van der Waals surface area contributed by atoms with Crippen molar-refractivity contribution in [3.05, 3.63) is 58.4 Å². The van der Waals surface area contributed by atoms with E-state index in [0.717, 1.165) is 16.8 Å². The van der Waals surface area contributed by atoms with Crippen molar-refractivity contribution in [1.82, 2.24) is 0 Å². The molecule has 0 atom stereocenters. The smallest absolute Gasteiger partial charge is 0.226 e. The zero-order valence-electron chi connectivity index (χ0n) is 14.4. The summed E-state index contributed by atoms with van der Waals surface area (Å²) in [5.41, 5.74) is 3.29. The van der Waals surface area contributed by atoms with Gasteiger partial charge in [-0.05, 0) is 43.7 Å². The van der Waals surface area contributed by atoms with Crippen molar-refractivity contribution in [2.75, 3.05) is 16.8 Å². The molecule has 0 spiro atoms. The largest absolute Gasteiger partial charge is 0.326 e. The maximum absolute atomic E-state index is 13.3. The Bertz CT molecular complexity index is 808. The number of nitrogens with one attached hydrogen (secondary N) is 1. The van der Waals surface area contributed by atoms with Crippen LogP contribution < -0.4 is 10.2 Å². The summed E-state index contributed by atoms with van der Waals surface area (Å²) in [7, 11) is 0. The summed E-state index contributed by atoms with van der Waals surface area (Å²) in [6.07, 6.45) is 0.113. The lowest BCUT2D eigenvalue weighted by atomic mass is 10.1. The summed E-state index contributed by atoms with van der Waals surface area (Å²) >= 11 is 5.77. The molecule has 2 aromatic carbocycles. The number of hydrogen-bond acceptors (Lipinski definition) is 2. The van der Waals surface area contributed by atoms with Crippen LogP contribution in [0.4, 0.5) is 15.8 Å². The van der Waals surface area contributed by atoms with Gasteiger partial charge >= 0.3 is 0 Å². The van der Waals surface area contributed by atoms with Gasteiger partial charge in [-0.1, -0.05) is 29.3 Å². The van der Waals surface area contributed by atoms with E-state index < -0.39 is 5.82 Å². The van der Waals surface area contributed by atoms with E-state index in [2.05, 4.69) is 5.32 Å². The van der Waals surface area contributed by atoms with Crippen molar-refractivity contribution < 1.29 is 14.0 Å². The molecule has 2 aromatic rings. The van der Waals surface area contributed by atoms with Gasteiger partial charge in [0, 0.05) is 31.3 Å². The third kappa shape index (κ3) is 5.03. The SMILES string of the molecule is CC(=O)N(CCC(=O)Nc1ccc(C)cc1C)c1ccc(F)c(Cl)c1. The average Bonchev–Trinajstić information content (AvgIpc) is 2.53. The molecule has 0 bridgehead atoms. The van der Waals surface area contributed by atoms with Gasteiger partial charge in [0.05, 0.1) is 5.02 Å². The zero-order valence-corrected chi connectivity index (χ0v) is 15.2. The second-order valence-corrected chi connectivity index (χ2v) is 6.29. The molecule has 0 radical (unpaired) electrons. The Kier molecular flexibility index (Phi) is 6.15. The zero-order chi connectivity index (χ0) is 18.6. The normalized spacial score (nSPS) is 10.4. The molecular formula is C19H20ClFN2O2. The van der Waals surface area contributed by atoms with Crippen LogP contribution in [0, 0.1) is 19.7 Å². The predicted molar refractivity (Wildman–Crippen MR) is 98.6 cm³/mol. The van der Waals surface area contributed by atoms with E-state index in [1.165, 1.54) is 30.0 Å². The van der Waals surface area contributed by atoms with Gasteiger partial charge in [-0.25, -0.2) is 4.39 Å². The number of rotatable bonds is 5. The minimum absolute atomic E-state index is 0.0662. The van der Waals surface area contributed by atoms with Gasteiger partial charge in [0.25, 0.3) is 0 Å². The van der Waals surface area contributed by atoms with Crippen molar-refractivity contribution in [1.29, 1.82) is 0 Å². The first kappa shape index (κ1) is 18.9. The maximum Gasteiger partial charge on any atom is 0.226 e. The summed E-state index contributed by atoms with van der Waals surface area (Å²) in [4.78, 5) is 25.5. The summed E-state index contributed by atoms with van der Waals surface area (Å²) in [5.74, 6) is -1.00. The fourth-order valence-electron chi connectivity index (χ4n) is 2.50. The Morgan fingerprint density at radius 2 is 1.88 bits per heavy atom. The molecule has 0 aromatic heterocycles. The average molecular weight is 363 g/mol. The van der Waals surface area contributed by atoms with Gasteiger partial charge in [-0.15, -0.1) is 0 Å². The minimum Gasteiger partial charge on any atom is -0.326 e. The Balaban J connectivity index is 2.04. The molecule has 132 valence electrons. The first-order chi connectivity index (χ1) is 11.8. The molecule has 0 heterocycles. The topological polar surface area (TPSA) is 49.4 Å². The van der Waals surface area contributed by atoms with Crippen LogP contribution in [0.5, 0.6) is 0 Å². The summed E-state index contributed by atoms with van der Waals surface area (Å²) in [5, 5.41) is 2.77. The van der Waals surface area contributed by atoms with E-state index in [1.807, 2.05) is 32.0 Å². The van der Waals surface area contributed by atoms with Crippen LogP contribution in [0.25, 0.3) is 0 Å². The quantitative estimate of drug-likeness (QED) is 0.852. The van der Waals surface area contributed by atoms with Crippen LogP contribution in [0.1, 0.15) is 24.5 Å². The summed E-state index contributed by atoms with van der Waals surface area (Å²) in [6.45, 7) is 5.47. The highest BCUT2D eigenvalue weighted by Gasteiger charge is 2.15. The molecule has 1 N–H and O–H groups in total. The predicted octanol–water partition coefficient (Wildman–Crippen LogP) is 4.48. The lowest BCUT2D eigenvalue weighted by Crippen LogP contribution is -2.32. The van der Waals surface area contributed by atoms with Crippen LogP contribution in [0.2, 0.25) is 5.02 Å². The van der Waals surface area contributed by atoms with Gasteiger partial charge in [0.1, 0.15) is 5.82 Å². The monoisotopic (exact) mass is 362 g/mol. The highest BCUT2D eigenvalue weighted by Crippen LogP contribution is 2.23. The van der Waals surface area contributed by atoms with Gasteiger partial charge in [0.2, 0.25) is 11.8 Å². The van der Waals surface area contributed by atoms with Crippen molar-refractivity contribution in [2.24, 2.45) is 0 Å². The molecule has 2 rings (SSSR count). The van der Waals surface area contributed by atoms with E-state index in [1.54, 1.807) is 0 Å². The van der Waals surface area contributed by atoms with Crippen LogP contribution in [-0.2, 0) is 9.59 Å². The van der Waals surface area contributed by atoms with Crippen LogP contribution in [0.15, 0.2) is 36.4 Å². The highest BCUT2D eigenvalue weighted by molar-refractivity contribution is 6.31. The van der Waals surface area contributed by atoms with Crippen LogP contribution in [0.3, 0.4) is 0 Å². The number of anilines is 2. The van der Waals surface area contributed by atoms with Gasteiger partial charge in [-0.3, -0.25) is 9.59 Å². The molecule has 25 heavy (non-hydrogen) atoms. The fraction of sp³-hybridized carbons (Fsp3) is 0.263. The number of aryl methyl sites for hydroxylation is 2. The van der Waals surface area contributed by atoms with Crippen molar-refractivity contribution in [3.63, 3.8) is 0 Å². The Hall–Kier alpha value is -2.40. The Morgan fingerprint density at radius 1 is 1.16 bits per heavy atom. The second-order valence-electron chi connectivity index (χ2n) is 5.89. The standard InChI is InChI=1S/C19H20ClFN2O2/c1-12-4-7-18(13(2)10-12)22-19(25)8-9-23(14(3)24)15-5-6-17(21)16(20)11-15/h4-7,10-11H,8-9H2,1-3H3,(H,22,25). The van der Waals surface area contributed by atoms with E-state index >= 15 is 0 Å². The molecule has 0 aliphatic heterocycles. The minimum atomic E-state index is -0.554. The molecule has 4 nitrogen and oxygen atoms in total.